The lowest BCUT2D eigenvalue weighted by Gasteiger charge is -2.29. The minimum atomic E-state index is -0.757. The van der Waals surface area contributed by atoms with Crippen molar-refractivity contribution in [1.82, 2.24) is 0 Å². The van der Waals surface area contributed by atoms with Crippen LogP contribution in [-0.4, -0.2) is 24.3 Å². The lowest BCUT2D eigenvalue weighted by atomic mass is 9.94. The van der Waals surface area contributed by atoms with Crippen molar-refractivity contribution in [2.45, 2.75) is 39.1 Å². The Bertz CT molecular complexity index is 991. The van der Waals surface area contributed by atoms with E-state index < -0.39 is 11.9 Å². The van der Waals surface area contributed by atoms with E-state index in [0.717, 1.165) is 16.8 Å². The van der Waals surface area contributed by atoms with Gasteiger partial charge in [-0.05, 0) is 35.6 Å². The van der Waals surface area contributed by atoms with Gasteiger partial charge in [0.05, 0.1) is 19.1 Å². The van der Waals surface area contributed by atoms with Gasteiger partial charge in [0, 0.05) is 24.3 Å². The maximum Gasteiger partial charge on any atom is 0.306 e. The van der Waals surface area contributed by atoms with Gasteiger partial charge in [-0.1, -0.05) is 79.7 Å². The molecule has 0 aromatic heterocycles. The van der Waals surface area contributed by atoms with Crippen LogP contribution in [0.15, 0.2) is 78.9 Å². The summed E-state index contributed by atoms with van der Waals surface area (Å²) < 4.78 is 11.5. The summed E-state index contributed by atoms with van der Waals surface area (Å²) in [4.78, 5) is 14.1. The van der Waals surface area contributed by atoms with E-state index >= 15 is 0 Å². The summed E-state index contributed by atoms with van der Waals surface area (Å²) in [6.07, 6.45) is 0.686. The molecule has 0 amide bonds. The number of carbonyl (C=O) groups is 1. The zero-order chi connectivity index (χ0) is 23.0. The summed E-state index contributed by atoms with van der Waals surface area (Å²) in [5.74, 6) is -1.18. The predicted octanol–water partition coefficient (Wildman–Crippen LogP) is 5.59. The molecule has 0 unspecified atom stereocenters. The number of rotatable bonds is 10. The molecule has 1 saturated heterocycles. The Morgan fingerprint density at radius 3 is 2.03 bits per heavy atom. The highest BCUT2D eigenvalue weighted by atomic mass is 16.7. The van der Waals surface area contributed by atoms with E-state index in [-0.39, 0.29) is 6.29 Å². The largest absolute Gasteiger partial charge is 0.481 e. The van der Waals surface area contributed by atoms with Crippen molar-refractivity contribution in [2.75, 3.05) is 18.1 Å². The smallest absolute Gasteiger partial charge is 0.306 e. The van der Waals surface area contributed by atoms with Gasteiger partial charge < -0.3 is 19.5 Å². The first-order valence-corrected chi connectivity index (χ1v) is 11.6. The second-order valence-electron chi connectivity index (χ2n) is 8.44. The number of aliphatic carboxylic acids is 1. The van der Waals surface area contributed by atoms with Crippen LogP contribution in [0.4, 0.5) is 5.69 Å². The minimum Gasteiger partial charge on any atom is -0.481 e. The predicted molar refractivity (Wildman–Crippen MR) is 129 cm³/mol. The second-order valence-corrected chi connectivity index (χ2v) is 8.44. The fourth-order valence-corrected chi connectivity index (χ4v) is 4.25. The molecule has 33 heavy (non-hydrogen) atoms. The van der Waals surface area contributed by atoms with Gasteiger partial charge in [0.15, 0.2) is 6.29 Å². The number of benzene rings is 3. The molecule has 1 heterocycles. The number of carboxylic acid groups (broad SMARTS) is 1. The molecule has 1 aliphatic rings. The topological polar surface area (TPSA) is 59.0 Å². The zero-order valence-electron chi connectivity index (χ0n) is 19.0. The summed E-state index contributed by atoms with van der Waals surface area (Å²) in [5, 5.41) is 9.71. The van der Waals surface area contributed by atoms with Gasteiger partial charge in [0.2, 0.25) is 0 Å². The van der Waals surface area contributed by atoms with Gasteiger partial charge in [0.1, 0.15) is 0 Å². The van der Waals surface area contributed by atoms with E-state index in [1.54, 1.807) is 0 Å². The number of hydrogen-bond acceptors (Lipinski definition) is 4. The van der Waals surface area contributed by atoms with Crippen LogP contribution in [0.1, 0.15) is 41.9 Å². The minimum absolute atomic E-state index is 0.380. The van der Waals surface area contributed by atoms with E-state index in [4.69, 9.17) is 9.47 Å². The highest BCUT2D eigenvalue weighted by Crippen LogP contribution is 2.33. The summed E-state index contributed by atoms with van der Waals surface area (Å²) in [5.41, 5.74) is 5.41. The number of carboxylic acids is 1. The van der Waals surface area contributed by atoms with Crippen molar-refractivity contribution in [3.8, 4) is 0 Å². The van der Waals surface area contributed by atoms with Gasteiger partial charge in [-0.15, -0.1) is 0 Å². The Balaban J connectivity index is 1.75. The third-order valence-corrected chi connectivity index (χ3v) is 6.08. The van der Waals surface area contributed by atoms with Crippen molar-refractivity contribution in [2.24, 2.45) is 5.92 Å². The molecule has 0 radical (unpaired) electrons. The molecule has 172 valence electrons. The number of anilines is 1. The van der Waals surface area contributed by atoms with E-state index in [9.17, 15) is 9.90 Å². The fourth-order valence-electron chi connectivity index (χ4n) is 4.25. The van der Waals surface area contributed by atoms with E-state index in [1.165, 1.54) is 11.1 Å². The number of ether oxygens (including phenoxy) is 2. The molecule has 0 bridgehead atoms. The van der Waals surface area contributed by atoms with Crippen molar-refractivity contribution < 1.29 is 19.4 Å². The molecule has 1 atom stereocenters. The maximum absolute atomic E-state index is 11.8. The lowest BCUT2D eigenvalue weighted by Crippen LogP contribution is -2.25. The van der Waals surface area contributed by atoms with Gasteiger partial charge in [-0.2, -0.15) is 0 Å². The van der Waals surface area contributed by atoms with Crippen molar-refractivity contribution in [3.63, 3.8) is 0 Å². The molecule has 1 aliphatic heterocycles. The average molecular weight is 446 g/mol. The summed E-state index contributed by atoms with van der Waals surface area (Å²) >= 11 is 0. The van der Waals surface area contributed by atoms with Crippen LogP contribution in [0.2, 0.25) is 0 Å². The third kappa shape index (κ3) is 6.01. The molecule has 3 aromatic carbocycles. The molecule has 1 N–H and O–H groups in total. The molecular formula is C28H31NO4. The summed E-state index contributed by atoms with van der Waals surface area (Å²) in [7, 11) is 0. The second kappa shape index (κ2) is 11.1. The fraction of sp³-hybridized carbons (Fsp3) is 0.321. The molecule has 5 nitrogen and oxygen atoms in total. The Hall–Kier alpha value is -3.15. The van der Waals surface area contributed by atoms with E-state index in [2.05, 4.69) is 35.2 Å². The van der Waals surface area contributed by atoms with Gasteiger partial charge in [-0.3, -0.25) is 4.79 Å². The Kier molecular flexibility index (Phi) is 7.76. The van der Waals surface area contributed by atoms with E-state index in [1.807, 2.05) is 55.5 Å². The van der Waals surface area contributed by atoms with E-state index in [0.29, 0.717) is 39.1 Å². The first kappa shape index (κ1) is 23.0. The third-order valence-electron chi connectivity index (χ3n) is 6.08. The summed E-state index contributed by atoms with van der Waals surface area (Å²) in [6.45, 7) is 4.51. The van der Waals surface area contributed by atoms with Crippen molar-refractivity contribution in [1.29, 1.82) is 0 Å². The Morgan fingerprint density at radius 1 is 0.939 bits per heavy atom. The van der Waals surface area contributed by atoms with Crippen LogP contribution in [0.3, 0.4) is 0 Å². The summed E-state index contributed by atoms with van der Waals surface area (Å²) in [6, 6.07) is 26.9. The normalized spacial score (nSPS) is 14.8. The van der Waals surface area contributed by atoms with Crippen LogP contribution in [0.5, 0.6) is 0 Å². The van der Waals surface area contributed by atoms with Crippen LogP contribution in [-0.2, 0) is 33.8 Å². The number of hydrogen-bond donors (Lipinski definition) is 1. The maximum atomic E-state index is 11.8. The highest BCUT2D eigenvalue weighted by Gasteiger charge is 2.24. The molecule has 0 saturated carbocycles. The Morgan fingerprint density at radius 2 is 1.52 bits per heavy atom. The van der Waals surface area contributed by atoms with Crippen LogP contribution >= 0.6 is 0 Å². The van der Waals surface area contributed by atoms with Crippen LogP contribution in [0, 0.1) is 5.92 Å². The quantitative estimate of drug-likeness (QED) is 0.441. The van der Waals surface area contributed by atoms with Gasteiger partial charge in [-0.25, -0.2) is 0 Å². The molecule has 3 aromatic rings. The first-order chi connectivity index (χ1) is 16.1. The lowest BCUT2D eigenvalue weighted by molar-refractivity contribution is -0.141. The Labute approximate surface area is 195 Å². The highest BCUT2D eigenvalue weighted by molar-refractivity contribution is 5.71. The average Bonchev–Trinajstić information content (AvgIpc) is 3.38. The molecule has 5 heteroatoms. The van der Waals surface area contributed by atoms with Gasteiger partial charge in [0.25, 0.3) is 0 Å². The molecule has 0 aliphatic carbocycles. The molecule has 0 spiro atoms. The molecule has 1 fully saturated rings. The van der Waals surface area contributed by atoms with Crippen LogP contribution in [0.25, 0.3) is 0 Å². The molecular weight excluding hydrogens is 414 g/mol. The van der Waals surface area contributed by atoms with Crippen molar-refractivity contribution >= 4 is 11.7 Å². The van der Waals surface area contributed by atoms with Crippen molar-refractivity contribution in [3.05, 3.63) is 101 Å². The molecule has 4 rings (SSSR count). The standard InChI is InChI=1S/C28H31NO4/c1-2-23(27(30)31)17-24-13-14-25(28-32-15-16-33-28)18-26(24)29(19-21-9-5-3-6-10-21)20-22-11-7-4-8-12-22/h3-14,18,23,28H,2,15-17,19-20H2,1H3,(H,30,31)/t23-/m0/s1. The van der Waals surface area contributed by atoms with Gasteiger partial charge >= 0.3 is 5.97 Å². The first-order valence-electron chi connectivity index (χ1n) is 11.6. The monoisotopic (exact) mass is 445 g/mol. The zero-order valence-corrected chi connectivity index (χ0v) is 19.0. The number of nitrogens with zero attached hydrogens (tertiary/aromatic N) is 1. The SMILES string of the molecule is CC[C@@H](Cc1ccc(C2OCCO2)cc1N(Cc1ccccc1)Cc1ccccc1)C(=O)O. The van der Waals surface area contributed by atoms with Crippen LogP contribution < -0.4 is 4.90 Å².